The number of rotatable bonds is 22. The number of fused-ring (bicyclic) bond motifs is 2. The number of aliphatic hydroxyl groups is 2. The van der Waals surface area contributed by atoms with Crippen molar-refractivity contribution in [2.75, 3.05) is 77.8 Å². The summed E-state index contributed by atoms with van der Waals surface area (Å²) in [6, 6.07) is 36.3. The van der Waals surface area contributed by atoms with Crippen LogP contribution in [0.2, 0.25) is 0 Å². The minimum absolute atomic E-state index is 0.137. The van der Waals surface area contributed by atoms with Crippen molar-refractivity contribution in [2.45, 2.75) is 46.4 Å². The molecule has 26 heteroatoms. The van der Waals surface area contributed by atoms with Gasteiger partial charge in [0.25, 0.3) is 10.1 Å². The minimum atomic E-state index is -4.47. The number of nitrogens with zero attached hydrogens (tertiary/aromatic N) is 12. The normalized spacial score (nSPS) is 11.6. The average Bonchev–Trinajstić information content (AvgIpc) is 4.10. The lowest BCUT2D eigenvalue weighted by atomic mass is 10.2. The summed E-state index contributed by atoms with van der Waals surface area (Å²) in [5.41, 5.74) is 9.94. The molecule has 0 aliphatic carbocycles. The molecule has 22 nitrogen and oxygen atoms in total. The molecule has 3 aromatic heterocycles. The van der Waals surface area contributed by atoms with Crippen LogP contribution in [-0.4, -0.2) is 113 Å². The van der Waals surface area contributed by atoms with Gasteiger partial charge in [-0.2, -0.15) is 33.6 Å². The SMILES string of the molecule is CCN(CC)c1ccc(N=Nc2ccc(-c3nc4ccc(C)cc4s3)cc2)c(Nc2nc(Nc3cc(N(CC)CC)ccc3N=Nc3ccc(-c4nc5ccc(C)c(S(=O)(=O)O)c5s4)cc3)nc(N(CCO)CCO)n2)c1.O=S(=O)=O. The van der Waals surface area contributed by atoms with Gasteiger partial charge in [-0.15, -0.1) is 45.5 Å². The van der Waals surface area contributed by atoms with Crippen molar-refractivity contribution in [3.63, 3.8) is 0 Å². The molecular formula is C55H58N14O8S4. The first kappa shape index (κ1) is 58.9. The highest BCUT2D eigenvalue weighted by molar-refractivity contribution is 7.86. The maximum atomic E-state index is 12.3. The number of hydrogen-bond acceptors (Lipinski definition) is 23. The molecule has 9 aromatic rings. The first-order valence-electron chi connectivity index (χ1n) is 25.6. The fourth-order valence-electron chi connectivity index (χ4n) is 8.64. The van der Waals surface area contributed by atoms with Crippen LogP contribution in [-0.2, 0) is 20.7 Å². The number of azo groups is 2. The largest absolute Gasteiger partial charge is 0.425 e. The van der Waals surface area contributed by atoms with E-state index in [4.69, 9.17) is 42.8 Å². The zero-order valence-electron chi connectivity index (χ0n) is 45.0. The molecule has 420 valence electrons. The van der Waals surface area contributed by atoms with Gasteiger partial charge in [0, 0.05) is 61.8 Å². The van der Waals surface area contributed by atoms with Gasteiger partial charge in [-0.1, -0.05) is 12.1 Å². The standard InChI is InChI=1S/C55H58N14O5S3.O3S/c1-7-67(8-2)40-21-25-42(65-63-38-17-13-36(14-18-38)51-56-44-23-11-34(5)31-48(44)75-51)46(32-40)58-53-60-54(62-55(61-53)69(27-29-70)28-30-71)59-47-33-41(68(9-3)10-4)22-26-43(47)66-64-39-19-15-37(16-20-39)52-57-45-24-12-35(6)50(49(45)76-52)77(72,73)74;1-4(2)3/h11-26,31-33,70-71H,7-10,27-30H2,1-6H3,(H,72,73,74)(H2,58,59,60,61,62);. The van der Waals surface area contributed by atoms with Crippen molar-refractivity contribution >= 4 is 127 Å². The van der Waals surface area contributed by atoms with E-state index in [1.165, 1.54) is 16.9 Å². The molecule has 6 aromatic carbocycles. The second-order valence-electron chi connectivity index (χ2n) is 18.0. The van der Waals surface area contributed by atoms with Crippen LogP contribution in [0.3, 0.4) is 0 Å². The predicted octanol–water partition coefficient (Wildman–Crippen LogP) is 12.1. The number of aromatic nitrogens is 5. The Morgan fingerprint density at radius 1 is 0.556 bits per heavy atom. The Bertz CT molecular complexity index is 3960. The van der Waals surface area contributed by atoms with E-state index < -0.39 is 20.7 Å². The monoisotopic (exact) mass is 1170 g/mol. The van der Waals surface area contributed by atoms with E-state index in [1.54, 1.807) is 47.4 Å². The Labute approximate surface area is 477 Å². The molecule has 5 N–H and O–H groups in total. The van der Waals surface area contributed by atoms with Gasteiger partial charge in [0.2, 0.25) is 17.8 Å². The second kappa shape index (κ2) is 26.8. The molecule has 0 aliphatic heterocycles. The quantitative estimate of drug-likeness (QED) is 0.0311. The van der Waals surface area contributed by atoms with Gasteiger partial charge in [0.05, 0.1) is 56.4 Å². The van der Waals surface area contributed by atoms with Crippen LogP contribution in [0.25, 0.3) is 41.6 Å². The van der Waals surface area contributed by atoms with Crippen molar-refractivity contribution in [1.82, 2.24) is 24.9 Å². The lowest BCUT2D eigenvalue weighted by Crippen LogP contribution is -2.31. The van der Waals surface area contributed by atoms with Crippen molar-refractivity contribution in [3.8, 4) is 21.1 Å². The van der Waals surface area contributed by atoms with E-state index >= 15 is 0 Å². The highest BCUT2D eigenvalue weighted by Crippen LogP contribution is 2.39. The molecule has 0 fully saturated rings. The number of benzene rings is 6. The van der Waals surface area contributed by atoms with Gasteiger partial charge in [0.1, 0.15) is 26.3 Å². The number of thiazole rings is 2. The highest BCUT2D eigenvalue weighted by Gasteiger charge is 2.22. The van der Waals surface area contributed by atoms with Crippen molar-refractivity contribution in [1.29, 1.82) is 0 Å². The van der Waals surface area contributed by atoms with Gasteiger partial charge in [-0.05, 0) is 156 Å². The Morgan fingerprint density at radius 3 is 1.49 bits per heavy atom. The highest BCUT2D eigenvalue weighted by atomic mass is 32.2. The molecule has 9 rings (SSSR count). The lowest BCUT2D eigenvalue weighted by molar-refractivity contribution is 0.280. The van der Waals surface area contributed by atoms with Gasteiger partial charge in [-0.3, -0.25) is 4.55 Å². The first-order chi connectivity index (χ1) is 39.0. The molecule has 0 spiro atoms. The van der Waals surface area contributed by atoms with Gasteiger partial charge >= 0.3 is 10.6 Å². The zero-order chi connectivity index (χ0) is 57.8. The fourth-order valence-corrected chi connectivity index (χ4v) is 12.0. The van der Waals surface area contributed by atoms with Crippen molar-refractivity contribution < 1.29 is 35.8 Å². The lowest BCUT2D eigenvalue weighted by Gasteiger charge is -2.24. The van der Waals surface area contributed by atoms with Crippen LogP contribution in [0.5, 0.6) is 0 Å². The zero-order valence-corrected chi connectivity index (χ0v) is 48.3. The average molecular weight is 1170 g/mol. The third kappa shape index (κ3) is 14.8. The summed E-state index contributed by atoms with van der Waals surface area (Å²) in [5.74, 6) is 0.494. The molecule has 0 unspecified atom stereocenters. The van der Waals surface area contributed by atoms with E-state index in [-0.39, 0.29) is 49.0 Å². The Balaban J connectivity index is 0.00000208. The summed E-state index contributed by atoms with van der Waals surface area (Å²) < 4.78 is 61.4. The summed E-state index contributed by atoms with van der Waals surface area (Å²) in [5, 5.41) is 47.2. The summed E-state index contributed by atoms with van der Waals surface area (Å²) >= 11 is 2.83. The molecule has 0 radical (unpaired) electrons. The van der Waals surface area contributed by atoms with E-state index in [2.05, 4.69) is 82.4 Å². The number of anilines is 7. The maximum Gasteiger partial charge on any atom is 0.425 e. The summed E-state index contributed by atoms with van der Waals surface area (Å²) in [6.45, 7) is 14.9. The third-order valence-electron chi connectivity index (χ3n) is 12.6. The van der Waals surface area contributed by atoms with E-state index in [9.17, 15) is 23.2 Å². The minimum Gasteiger partial charge on any atom is -0.395 e. The maximum absolute atomic E-state index is 12.3. The van der Waals surface area contributed by atoms with Gasteiger partial charge in [0.15, 0.2) is 0 Å². The van der Waals surface area contributed by atoms with Crippen LogP contribution >= 0.6 is 22.7 Å². The van der Waals surface area contributed by atoms with Crippen molar-refractivity contribution in [2.24, 2.45) is 20.5 Å². The van der Waals surface area contributed by atoms with Crippen LogP contribution in [0.15, 0.2) is 141 Å². The molecule has 3 heterocycles. The van der Waals surface area contributed by atoms with Crippen LogP contribution in [0, 0.1) is 13.8 Å². The number of nitrogens with one attached hydrogen (secondary N) is 2. The summed E-state index contributed by atoms with van der Waals surface area (Å²) in [4.78, 5) is 30.0. The van der Waals surface area contributed by atoms with E-state index in [0.717, 1.165) is 63.9 Å². The Morgan fingerprint density at radius 2 is 1.02 bits per heavy atom. The van der Waals surface area contributed by atoms with E-state index in [0.29, 0.717) is 54.9 Å². The topological polar surface area (TPSA) is 294 Å². The van der Waals surface area contributed by atoms with Crippen LogP contribution in [0.4, 0.5) is 63.3 Å². The first-order valence-corrected chi connectivity index (χ1v) is 29.7. The molecule has 0 amide bonds. The van der Waals surface area contributed by atoms with Crippen LogP contribution < -0.4 is 25.3 Å². The molecular weight excluding hydrogens is 1110 g/mol. The number of hydrogen-bond donors (Lipinski definition) is 5. The second-order valence-corrected chi connectivity index (χ2v) is 21.8. The van der Waals surface area contributed by atoms with Gasteiger partial charge < -0.3 is 35.5 Å². The molecule has 0 aliphatic rings. The molecule has 0 bridgehead atoms. The number of aliphatic hydroxyl groups excluding tert-OH is 2. The molecule has 0 atom stereocenters. The summed E-state index contributed by atoms with van der Waals surface area (Å²) in [6.07, 6.45) is 0. The van der Waals surface area contributed by atoms with Crippen LogP contribution in [0.1, 0.15) is 38.8 Å². The number of aryl methyl sites for hydroxylation is 2. The Hall–Kier alpha value is -8.24. The summed E-state index contributed by atoms with van der Waals surface area (Å²) in [7, 11) is -7.58. The smallest absolute Gasteiger partial charge is 0.395 e. The Kier molecular flexibility index (Phi) is 19.5. The predicted molar refractivity (Wildman–Crippen MR) is 320 cm³/mol. The fraction of sp³-hybridized carbons (Fsp3) is 0.255. The van der Waals surface area contributed by atoms with E-state index in [1.807, 2.05) is 78.9 Å². The molecule has 0 saturated heterocycles. The van der Waals surface area contributed by atoms with Crippen molar-refractivity contribution in [3.05, 3.63) is 126 Å². The molecule has 81 heavy (non-hydrogen) atoms. The molecule has 0 saturated carbocycles. The van der Waals surface area contributed by atoms with Gasteiger partial charge in [-0.25, -0.2) is 9.97 Å². The third-order valence-corrected chi connectivity index (χ3v) is 16.0.